The van der Waals surface area contributed by atoms with E-state index in [9.17, 15) is 23.6 Å². The predicted molar refractivity (Wildman–Crippen MR) is 177 cm³/mol. The van der Waals surface area contributed by atoms with Crippen molar-refractivity contribution in [2.75, 3.05) is 33.0 Å². The van der Waals surface area contributed by atoms with Crippen molar-refractivity contribution in [2.45, 2.75) is 43.9 Å². The van der Waals surface area contributed by atoms with Gasteiger partial charge in [-0.2, -0.15) is 13.5 Å². The Morgan fingerprint density at radius 3 is 2.48 bits per heavy atom. The van der Waals surface area contributed by atoms with Gasteiger partial charge in [0.15, 0.2) is 29.3 Å². The zero-order valence-electron chi connectivity index (χ0n) is 25.9. The van der Waals surface area contributed by atoms with Gasteiger partial charge in [-0.05, 0) is 62.7 Å². The number of aromatic nitrogens is 1. The average molecular weight is 749 g/mol. The van der Waals surface area contributed by atoms with Gasteiger partial charge in [-0.25, -0.2) is 4.79 Å². The number of ether oxygens (including phenoxy) is 3. The number of halogens is 4. The molecule has 1 aliphatic carbocycles. The highest BCUT2D eigenvalue weighted by molar-refractivity contribution is 8.00. The molecular formula is C31H33Cl2F2N3O8S2. The molecule has 2 aliphatic rings. The molecule has 48 heavy (non-hydrogen) atoms. The van der Waals surface area contributed by atoms with Gasteiger partial charge in [0.05, 0.1) is 11.5 Å². The smallest absolute Gasteiger partial charge is 0.387 e. The minimum atomic E-state index is -3.07. The Morgan fingerprint density at radius 2 is 1.85 bits per heavy atom. The summed E-state index contributed by atoms with van der Waals surface area (Å²) in [5.41, 5.74) is 0.741. The van der Waals surface area contributed by atoms with Gasteiger partial charge in [0.25, 0.3) is 12.4 Å². The molecule has 2 aromatic heterocycles. The van der Waals surface area contributed by atoms with Crippen LogP contribution in [0.3, 0.4) is 0 Å². The largest absolute Gasteiger partial charge is 0.619 e. The average Bonchev–Trinajstić information content (AvgIpc) is 3.50. The SMILES string of the molecule is CN(C)Cc1ccc(C(=O)N2CCSC2C(=O)OC(Cc2c(Cl)c[n+]([O-])cc2Cl)c2ccc(OC(F)F)c(OCC3CC3)c2)s1.O=CO. The Bertz CT molecular complexity index is 1570. The van der Waals surface area contributed by atoms with E-state index in [0.717, 1.165) is 30.1 Å². The van der Waals surface area contributed by atoms with Crippen molar-refractivity contribution in [3.63, 3.8) is 0 Å². The number of rotatable bonds is 13. The molecule has 1 saturated carbocycles. The second kappa shape index (κ2) is 17.3. The van der Waals surface area contributed by atoms with Gasteiger partial charge in [-0.15, -0.1) is 23.1 Å². The summed E-state index contributed by atoms with van der Waals surface area (Å²) in [5, 5.41) is 18.0. The molecule has 17 heteroatoms. The van der Waals surface area contributed by atoms with Crippen molar-refractivity contribution in [1.29, 1.82) is 0 Å². The van der Waals surface area contributed by atoms with Gasteiger partial charge in [0.1, 0.15) is 16.1 Å². The fraction of sp³-hybridized carbons (Fsp3) is 0.419. The fourth-order valence-electron chi connectivity index (χ4n) is 4.76. The number of carbonyl (C=O) groups is 3. The summed E-state index contributed by atoms with van der Waals surface area (Å²) in [6, 6.07) is 7.95. The summed E-state index contributed by atoms with van der Waals surface area (Å²) in [6.45, 7) is -1.96. The lowest BCUT2D eigenvalue weighted by molar-refractivity contribution is -0.605. The third-order valence-electron chi connectivity index (χ3n) is 7.13. The quantitative estimate of drug-likeness (QED) is 0.0978. The zero-order valence-corrected chi connectivity index (χ0v) is 29.0. The molecule has 3 aromatic rings. The number of benzene rings is 1. The number of esters is 1. The molecule has 0 spiro atoms. The highest BCUT2D eigenvalue weighted by Crippen LogP contribution is 2.39. The number of nitrogens with zero attached hydrogens (tertiary/aromatic N) is 3. The first-order valence-electron chi connectivity index (χ1n) is 14.6. The summed E-state index contributed by atoms with van der Waals surface area (Å²) in [7, 11) is 3.88. The van der Waals surface area contributed by atoms with E-state index in [1.54, 1.807) is 6.07 Å². The lowest BCUT2D eigenvalue weighted by atomic mass is 10.0. The lowest BCUT2D eigenvalue weighted by Gasteiger charge is -2.26. The number of thioether (sulfide) groups is 1. The van der Waals surface area contributed by atoms with E-state index < -0.39 is 24.1 Å². The molecule has 260 valence electrons. The molecule has 2 unspecified atom stereocenters. The molecule has 3 heterocycles. The van der Waals surface area contributed by atoms with Crippen molar-refractivity contribution in [2.24, 2.45) is 5.92 Å². The maximum atomic E-state index is 13.7. The zero-order chi connectivity index (χ0) is 35.0. The van der Waals surface area contributed by atoms with E-state index in [0.29, 0.717) is 52.1 Å². The number of alkyl halides is 2. The van der Waals surface area contributed by atoms with Gasteiger partial charge in [0.2, 0.25) is 0 Å². The molecule has 1 amide bonds. The molecule has 0 radical (unpaired) electrons. The summed E-state index contributed by atoms with van der Waals surface area (Å²) >= 11 is 15.4. The summed E-state index contributed by atoms with van der Waals surface area (Å²) < 4.78 is 43.4. The van der Waals surface area contributed by atoms with E-state index in [4.69, 9.17) is 42.6 Å². The first-order chi connectivity index (χ1) is 22.9. The van der Waals surface area contributed by atoms with Crippen LogP contribution in [0.25, 0.3) is 0 Å². The van der Waals surface area contributed by atoms with Crippen LogP contribution >= 0.6 is 46.3 Å². The second-order valence-corrected chi connectivity index (χ2v) is 14.3. The fourth-order valence-corrected chi connectivity index (χ4v) is 7.54. The molecule has 11 nitrogen and oxygen atoms in total. The number of carbonyl (C=O) groups excluding carboxylic acids is 2. The van der Waals surface area contributed by atoms with Gasteiger partial charge in [-0.1, -0.05) is 29.3 Å². The van der Waals surface area contributed by atoms with Crippen molar-refractivity contribution < 1.29 is 47.2 Å². The molecule has 1 saturated heterocycles. The first kappa shape index (κ1) is 37.4. The summed E-state index contributed by atoms with van der Waals surface area (Å²) in [6.07, 6.45) is 3.13. The van der Waals surface area contributed by atoms with Gasteiger partial charge in [0, 0.05) is 35.7 Å². The van der Waals surface area contributed by atoms with Crippen LogP contribution in [-0.2, 0) is 27.3 Å². The van der Waals surface area contributed by atoms with Crippen LogP contribution in [0.5, 0.6) is 11.5 Å². The number of pyridine rings is 1. The third-order valence-corrected chi connectivity index (χ3v) is 10.0. The molecule has 5 rings (SSSR count). The van der Waals surface area contributed by atoms with Crippen molar-refractivity contribution in [1.82, 2.24) is 9.80 Å². The van der Waals surface area contributed by atoms with Crippen molar-refractivity contribution in [3.05, 3.63) is 78.9 Å². The molecule has 1 aromatic carbocycles. The molecular weight excluding hydrogens is 715 g/mol. The molecule has 0 bridgehead atoms. The monoisotopic (exact) mass is 747 g/mol. The normalized spacial score (nSPS) is 16.3. The molecule has 2 atom stereocenters. The number of thiophene rings is 1. The maximum absolute atomic E-state index is 13.7. The Kier molecular flexibility index (Phi) is 13.5. The minimum absolute atomic E-state index is 0.0501. The van der Waals surface area contributed by atoms with Crippen molar-refractivity contribution in [3.8, 4) is 11.5 Å². The highest BCUT2D eigenvalue weighted by atomic mass is 35.5. The Balaban J connectivity index is 0.00000167. The molecule has 2 fully saturated rings. The Hall–Kier alpha value is -3.37. The highest BCUT2D eigenvalue weighted by Gasteiger charge is 2.39. The van der Waals surface area contributed by atoms with E-state index >= 15 is 0 Å². The van der Waals surface area contributed by atoms with Crippen LogP contribution < -0.4 is 14.2 Å². The maximum Gasteiger partial charge on any atom is 0.387 e. The Morgan fingerprint density at radius 1 is 1.17 bits per heavy atom. The van der Waals surface area contributed by atoms with Crippen molar-refractivity contribution >= 4 is 64.6 Å². The van der Waals surface area contributed by atoms with E-state index in [1.165, 1.54) is 46.2 Å². The second-order valence-electron chi connectivity index (χ2n) is 11.1. The third kappa shape index (κ3) is 10.3. The first-order valence-corrected chi connectivity index (χ1v) is 17.2. The van der Waals surface area contributed by atoms with Crippen LogP contribution in [0.1, 0.15) is 44.6 Å². The lowest BCUT2D eigenvalue weighted by Crippen LogP contribution is -2.40. The van der Waals surface area contributed by atoms with E-state index in [1.807, 2.05) is 25.1 Å². The van der Waals surface area contributed by atoms with Crippen LogP contribution in [0.15, 0.2) is 42.7 Å². The van der Waals surface area contributed by atoms with Gasteiger partial charge in [-0.3, -0.25) is 9.59 Å². The van der Waals surface area contributed by atoms with Crippen LogP contribution in [0.4, 0.5) is 8.78 Å². The number of hydrogen-bond donors (Lipinski definition) is 1. The number of amides is 1. The predicted octanol–water partition coefficient (Wildman–Crippen LogP) is 5.88. The van der Waals surface area contributed by atoms with E-state index in [-0.39, 0.29) is 40.3 Å². The minimum Gasteiger partial charge on any atom is -0.619 e. The summed E-state index contributed by atoms with van der Waals surface area (Å²) in [5.74, 6) is -0.169. The number of hydrogen-bond acceptors (Lipinski definition) is 10. The molecule has 1 N–H and O–H groups in total. The van der Waals surface area contributed by atoms with Gasteiger partial charge >= 0.3 is 12.6 Å². The summed E-state index contributed by atoms with van der Waals surface area (Å²) in [4.78, 5) is 40.6. The number of carboxylic acid groups (broad SMARTS) is 1. The van der Waals surface area contributed by atoms with Crippen LogP contribution in [0.2, 0.25) is 10.0 Å². The van der Waals surface area contributed by atoms with Gasteiger partial charge < -0.3 is 34.3 Å². The standard InChI is InChI=1S/C30H31Cl2F2N3O6S2.CH2O2/c1-35(2)13-19-6-8-26(45-19)27(38)37-9-10-44-28(37)29(39)42-24(12-20-21(31)14-36(40)15-22(20)32)18-5-7-23(43-30(33)34)25(11-18)41-16-17-3-4-17;2-1-3/h5-8,11,14-15,17,24,28,30H,3-4,9-10,12-13,16H2,1-2H3;1H,(H,2,3). The van der Waals surface area contributed by atoms with Crippen LogP contribution in [-0.4, -0.2) is 78.2 Å². The topological polar surface area (TPSA) is 133 Å². The Labute approximate surface area is 293 Å². The van der Waals surface area contributed by atoms with E-state index in [2.05, 4.69) is 4.74 Å². The van der Waals surface area contributed by atoms with Crippen LogP contribution in [0, 0.1) is 11.1 Å². The molecule has 1 aliphatic heterocycles.